The number of carboxylic acid groups (broad SMARTS) is 1. The van der Waals surface area contributed by atoms with Gasteiger partial charge in [-0.1, -0.05) is 6.07 Å². The molecule has 0 aliphatic heterocycles. The highest BCUT2D eigenvalue weighted by atomic mass is 32.1. The number of aromatic nitrogens is 1. The number of carbonyl (C=O) groups is 2. The second kappa shape index (κ2) is 6.16. The number of amides is 1. The molecule has 0 radical (unpaired) electrons. The fourth-order valence-electron chi connectivity index (χ4n) is 1.65. The van der Waals surface area contributed by atoms with Crippen molar-refractivity contribution in [2.24, 2.45) is 0 Å². The van der Waals surface area contributed by atoms with Gasteiger partial charge in [0.05, 0.1) is 5.69 Å². The van der Waals surface area contributed by atoms with Crippen LogP contribution in [0.2, 0.25) is 0 Å². The molecular formula is C13H12N2O4S. The fourth-order valence-corrected chi connectivity index (χ4v) is 2.34. The van der Waals surface area contributed by atoms with Gasteiger partial charge in [0.15, 0.2) is 0 Å². The second-order valence-corrected chi connectivity index (χ2v) is 4.92. The zero-order valence-electron chi connectivity index (χ0n) is 10.4. The lowest BCUT2D eigenvalue weighted by Crippen LogP contribution is -2.22. The van der Waals surface area contributed by atoms with Crippen molar-refractivity contribution in [3.05, 3.63) is 51.1 Å². The number of nitrogens with zero attached hydrogens (tertiary/aromatic N) is 1. The van der Waals surface area contributed by atoms with Crippen LogP contribution in [-0.4, -0.2) is 21.6 Å². The van der Waals surface area contributed by atoms with Crippen molar-refractivity contribution in [2.45, 2.75) is 13.0 Å². The van der Waals surface area contributed by atoms with Crippen molar-refractivity contribution in [2.75, 3.05) is 5.32 Å². The number of rotatable bonds is 5. The number of hydrogen-bond acceptors (Lipinski definition) is 4. The Bertz CT molecular complexity index is 689. The Kier molecular flexibility index (Phi) is 4.31. The number of carbonyl (C=O) groups excluding carboxylic acids is 1. The van der Waals surface area contributed by atoms with Crippen LogP contribution in [-0.2, 0) is 11.3 Å². The highest BCUT2D eigenvalue weighted by molar-refractivity contribution is 7.12. The topological polar surface area (TPSA) is 88.4 Å². The van der Waals surface area contributed by atoms with Gasteiger partial charge in [-0.2, -0.15) is 0 Å². The third-order valence-corrected chi connectivity index (χ3v) is 3.51. The standard InChI is InChI=1S/C13H12N2O4S/c16-10(4-7-15-6-2-1-3-11(15)17)14-9-5-8-20-12(9)13(18)19/h1-3,5-6,8H,4,7H2,(H,14,16)(H,18,19). The van der Waals surface area contributed by atoms with E-state index in [0.717, 1.165) is 11.3 Å². The first-order valence-electron chi connectivity index (χ1n) is 5.84. The monoisotopic (exact) mass is 292 g/mol. The van der Waals surface area contributed by atoms with Crippen molar-refractivity contribution in [1.29, 1.82) is 0 Å². The summed E-state index contributed by atoms with van der Waals surface area (Å²) in [5.74, 6) is -1.41. The van der Waals surface area contributed by atoms with E-state index in [1.807, 2.05) is 0 Å². The first kappa shape index (κ1) is 14.0. The van der Waals surface area contributed by atoms with Gasteiger partial charge < -0.3 is 15.0 Å². The summed E-state index contributed by atoms with van der Waals surface area (Å²) in [4.78, 5) is 34.2. The number of carboxylic acids is 1. The van der Waals surface area contributed by atoms with Crippen LogP contribution in [0, 0.1) is 0 Å². The summed E-state index contributed by atoms with van der Waals surface area (Å²) in [6.07, 6.45) is 1.70. The average Bonchev–Trinajstić information content (AvgIpc) is 2.86. The Morgan fingerprint density at radius 3 is 2.80 bits per heavy atom. The van der Waals surface area contributed by atoms with E-state index in [2.05, 4.69) is 5.32 Å². The molecule has 0 atom stereocenters. The number of pyridine rings is 1. The summed E-state index contributed by atoms with van der Waals surface area (Å²) in [7, 11) is 0. The van der Waals surface area contributed by atoms with Gasteiger partial charge >= 0.3 is 5.97 Å². The quantitative estimate of drug-likeness (QED) is 0.876. The van der Waals surface area contributed by atoms with Gasteiger partial charge in [-0.25, -0.2) is 4.79 Å². The van der Waals surface area contributed by atoms with E-state index in [4.69, 9.17) is 5.11 Å². The van der Waals surface area contributed by atoms with Crippen LogP contribution in [0.4, 0.5) is 5.69 Å². The van der Waals surface area contributed by atoms with E-state index in [1.165, 1.54) is 10.6 Å². The molecule has 0 aromatic carbocycles. The summed E-state index contributed by atoms with van der Waals surface area (Å²) < 4.78 is 1.42. The van der Waals surface area contributed by atoms with Gasteiger partial charge in [0.25, 0.3) is 5.56 Å². The van der Waals surface area contributed by atoms with Crippen LogP contribution in [0.1, 0.15) is 16.1 Å². The Morgan fingerprint density at radius 2 is 2.10 bits per heavy atom. The van der Waals surface area contributed by atoms with Gasteiger partial charge in [-0.05, 0) is 17.5 Å². The normalized spacial score (nSPS) is 10.2. The number of hydrogen-bond donors (Lipinski definition) is 2. The maximum Gasteiger partial charge on any atom is 0.348 e. The molecule has 0 spiro atoms. The molecule has 20 heavy (non-hydrogen) atoms. The fraction of sp³-hybridized carbons (Fsp3) is 0.154. The van der Waals surface area contributed by atoms with Crippen molar-refractivity contribution in [3.63, 3.8) is 0 Å². The number of aromatic carboxylic acids is 1. The van der Waals surface area contributed by atoms with Crippen molar-refractivity contribution in [1.82, 2.24) is 4.57 Å². The molecular weight excluding hydrogens is 280 g/mol. The van der Waals surface area contributed by atoms with Crippen LogP contribution in [0.25, 0.3) is 0 Å². The summed E-state index contributed by atoms with van der Waals surface area (Å²) in [5, 5.41) is 13.1. The minimum atomic E-state index is -1.07. The second-order valence-electron chi connectivity index (χ2n) is 4.00. The number of nitrogens with one attached hydrogen (secondary N) is 1. The summed E-state index contributed by atoms with van der Waals surface area (Å²) in [5.41, 5.74) is 0.106. The van der Waals surface area contributed by atoms with E-state index < -0.39 is 5.97 Å². The van der Waals surface area contributed by atoms with Crippen molar-refractivity contribution < 1.29 is 14.7 Å². The smallest absolute Gasteiger partial charge is 0.348 e. The lowest BCUT2D eigenvalue weighted by molar-refractivity contribution is -0.116. The molecule has 0 fully saturated rings. The number of aryl methyl sites for hydroxylation is 1. The molecule has 104 valence electrons. The predicted octanol–water partition coefficient (Wildman–Crippen LogP) is 1.64. The molecule has 7 heteroatoms. The van der Waals surface area contributed by atoms with E-state index in [1.54, 1.807) is 29.8 Å². The Labute approximate surface area is 118 Å². The summed E-state index contributed by atoms with van der Waals surface area (Å²) in [6.45, 7) is 0.248. The molecule has 0 aliphatic carbocycles. The SMILES string of the molecule is O=C(CCn1ccccc1=O)Nc1ccsc1C(=O)O. The van der Waals surface area contributed by atoms with E-state index >= 15 is 0 Å². The highest BCUT2D eigenvalue weighted by Crippen LogP contribution is 2.22. The Morgan fingerprint density at radius 1 is 1.30 bits per heavy atom. The van der Waals surface area contributed by atoms with Crippen LogP contribution in [0.15, 0.2) is 40.6 Å². The van der Waals surface area contributed by atoms with Gasteiger partial charge in [0.1, 0.15) is 4.88 Å². The van der Waals surface area contributed by atoms with Gasteiger partial charge in [-0.15, -0.1) is 11.3 Å². The highest BCUT2D eigenvalue weighted by Gasteiger charge is 2.13. The number of anilines is 1. The van der Waals surface area contributed by atoms with E-state index in [9.17, 15) is 14.4 Å². The molecule has 6 nitrogen and oxygen atoms in total. The van der Waals surface area contributed by atoms with Crippen LogP contribution < -0.4 is 10.9 Å². The maximum absolute atomic E-state index is 11.8. The third kappa shape index (κ3) is 3.33. The molecule has 2 heterocycles. The zero-order valence-corrected chi connectivity index (χ0v) is 11.2. The average molecular weight is 292 g/mol. The van der Waals surface area contributed by atoms with Gasteiger partial charge in [0, 0.05) is 25.2 Å². The summed E-state index contributed by atoms with van der Waals surface area (Å²) >= 11 is 1.05. The largest absolute Gasteiger partial charge is 0.477 e. The molecule has 0 aliphatic rings. The molecule has 0 saturated heterocycles. The van der Waals surface area contributed by atoms with E-state index in [0.29, 0.717) is 0 Å². The van der Waals surface area contributed by atoms with E-state index in [-0.39, 0.29) is 35.0 Å². The first-order chi connectivity index (χ1) is 9.58. The first-order valence-corrected chi connectivity index (χ1v) is 6.72. The Hall–Kier alpha value is -2.41. The lowest BCUT2D eigenvalue weighted by atomic mass is 10.3. The molecule has 1 amide bonds. The zero-order chi connectivity index (χ0) is 14.5. The minimum Gasteiger partial charge on any atom is -0.477 e. The van der Waals surface area contributed by atoms with Gasteiger partial charge in [0.2, 0.25) is 5.91 Å². The lowest BCUT2D eigenvalue weighted by Gasteiger charge is -2.06. The van der Waals surface area contributed by atoms with Crippen molar-refractivity contribution >= 4 is 28.9 Å². The molecule has 2 N–H and O–H groups in total. The molecule has 2 aromatic rings. The summed E-state index contributed by atoms with van der Waals surface area (Å²) in [6, 6.07) is 6.30. The molecule has 0 saturated carbocycles. The maximum atomic E-state index is 11.8. The molecule has 2 rings (SSSR count). The molecule has 0 unspecified atom stereocenters. The van der Waals surface area contributed by atoms with Crippen LogP contribution in [0.5, 0.6) is 0 Å². The molecule has 0 bridgehead atoms. The van der Waals surface area contributed by atoms with Gasteiger partial charge in [-0.3, -0.25) is 9.59 Å². The Balaban J connectivity index is 1.96. The third-order valence-electron chi connectivity index (χ3n) is 2.61. The number of thiophene rings is 1. The van der Waals surface area contributed by atoms with Crippen LogP contribution in [0.3, 0.4) is 0 Å². The molecule has 2 aromatic heterocycles. The predicted molar refractivity (Wildman–Crippen MR) is 75.2 cm³/mol. The van der Waals surface area contributed by atoms with Crippen molar-refractivity contribution in [3.8, 4) is 0 Å². The van der Waals surface area contributed by atoms with Crippen LogP contribution >= 0.6 is 11.3 Å². The minimum absolute atomic E-state index is 0.0928.